The van der Waals surface area contributed by atoms with Crippen molar-refractivity contribution in [2.45, 2.75) is 69.1 Å². The number of rotatable bonds is 3. The molecule has 3 nitrogen and oxygen atoms in total. The molecule has 1 aromatic heterocycles. The van der Waals surface area contributed by atoms with E-state index in [0.29, 0.717) is 6.04 Å². The van der Waals surface area contributed by atoms with Crippen LogP contribution in [0, 0.1) is 0 Å². The summed E-state index contributed by atoms with van der Waals surface area (Å²) in [7, 11) is 0. The van der Waals surface area contributed by atoms with E-state index in [2.05, 4.69) is 10.2 Å². The van der Waals surface area contributed by atoms with Gasteiger partial charge in [-0.3, -0.25) is 9.69 Å². The van der Waals surface area contributed by atoms with Gasteiger partial charge in [-0.15, -0.1) is 11.3 Å². The summed E-state index contributed by atoms with van der Waals surface area (Å²) in [6, 6.07) is 6.57. The van der Waals surface area contributed by atoms with Gasteiger partial charge in [0.1, 0.15) is 0 Å². The first-order chi connectivity index (χ1) is 9.81. The Kier molecular flexibility index (Phi) is 3.31. The minimum Gasteiger partial charge on any atom is -0.348 e. The minimum absolute atomic E-state index is 0.128. The first-order valence-corrected chi connectivity index (χ1v) is 8.81. The highest BCUT2D eigenvalue weighted by Crippen LogP contribution is 2.41. The second kappa shape index (κ2) is 5.15. The molecular weight excluding hydrogens is 268 g/mol. The van der Waals surface area contributed by atoms with Gasteiger partial charge >= 0.3 is 0 Å². The second-order valence-corrected chi connectivity index (χ2v) is 7.48. The largest absolute Gasteiger partial charge is 0.348 e. The summed E-state index contributed by atoms with van der Waals surface area (Å²) < 4.78 is 0. The van der Waals surface area contributed by atoms with Crippen LogP contribution in [0.1, 0.15) is 54.6 Å². The maximum atomic E-state index is 12.2. The van der Waals surface area contributed by atoms with Crippen LogP contribution in [0.4, 0.5) is 0 Å². The quantitative estimate of drug-likeness (QED) is 0.928. The molecule has 1 amide bonds. The Balaban J connectivity index is 1.42. The number of hydrogen-bond acceptors (Lipinski definition) is 3. The predicted molar refractivity (Wildman–Crippen MR) is 81.1 cm³/mol. The molecule has 1 aliphatic carbocycles. The van der Waals surface area contributed by atoms with Crippen molar-refractivity contribution in [1.82, 2.24) is 10.2 Å². The lowest BCUT2D eigenvalue weighted by Crippen LogP contribution is -2.57. The van der Waals surface area contributed by atoms with Crippen molar-refractivity contribution >= 4 is 17.2 Å². The van der Waals surface area contributed by atoms with Gasteiger partial charge in [-0.05, 0) is 50.0 Å². The SMILES string of the molecule is O=C(NC1C[C@H]2CCC[C@H](C1)N2C1CC1)c1cccs1. The molecular formula is C16H22N2OS. The maximum Gasteiger partial charge on any atom is 0.261 e. The highest BCUT2D eigenvalue weighted by atomic mass is 32.1. The van der Waals surface area contributed by atoms with Gasteiger partial charge in [-0.2, -0.15) is 0 Å². The van der Waals surface area contributed by atoms with E-state index < -0.39 is 0 Å². The highest BCUT2D eigenvalue weighted by Gasteiger charge is 2.45. The second-order valence-electron chi connectivity index (χ2n) is 6.54. The number of carbonyl (C=O) groups is 1. The molecule has 3 fully saturated rings. The van der Waals surface area contributed by atoms with Crippen LogP contribution in [0.25, 0.3) is 0 Å². The molecule has 2 atom stereocenters. The van der Waals surface area contributed by atoms with E-state index in [1.807, 2.05) is 17.5 Å². The van der Waals surface area contributed by atoms with E-state index >= 15 is 0 Å². The Morgan fingerprint density at radius 3 is 2.50 bits per heavy atom. The lowest BCUT2D eigenvalue weighted by atomic mass is 9.81. The molecule has 2 bridgehead atoms. The molecule has 2 saturated heterocycles. The van der Waals surface area contributed by atoms with Crippen LogP contribution >= 0.6 is 11.3 Å². The molecule has 2 aliphatic heterocycles. The maximum absolute atomic E-state index is 12.2. The fraction of sp³-hybridized carbons (Fsp3) is 0.688. The molecule has 108 valence electrons. The minimum atomic E-state index is 0.128. The first kappa shape index (κ1) is 12.8. The van der Waals surface area contributed by atoms with E-state index in [1.54, 1.807) is 0 Å². The van der Waals surface area contributed by atoms with E-state index in [9.17, 15) is 4.79 Å². The molecule has 0 unspecified atom stereocenters. The topological polar surface area (TPSA) is 32.3 Å². The van der Waals surface area contributed by atoms with Gasteiger partial charge in [0.25, 0.3) is 5.91 Å². The number of thiophene rings is 1. The molecule has 1 N–H and O–H groups in total. The molecule has 1 saturated carbocycles. The monoisotopic (exact) mass is 290 g/mol. The van der Waals surface area contributed by atoms with E-state index in [1.165, 1.54) is 43.4 Å². The Bertz CT molecular complexity index is 469. The number of nitrogens with zero attached hydrogens (tertiary/aromatic N) is 1. The molecule has 1 aromatic rings. The molecule has 20 heavy (non-hydrogen) atoms. The summed E-state index contributed by atoms with van der Waals surface area (Å²) in [5.41, 5.74) is 0. The van der Waals surface area contributed by atoms with Gasteiger partial charge in [-0.1, -0.05) is 12.5 Å². The average molecular weight is 290 g/mol. The van der Waals surface area contributed by atoms with Crippen LogP contribution in [0.15, 0.2) is 17.5 Å². The zero-order chi connectivity index (χ0) is 13.5. The van der Waals surface area contributed by atoms with Crippen molar-refractivity contribution in [1.29, 1.82) is 0 Å². The van der Waals surface area contributed by atoms with Crippen molar-refractivity contribution in [2.75, 3.05) is 0 Å². The fourth-order valence-electron chi connectivity index (χ4n) is 4.17. The van der Waals surface area contributed by atoms with Crippen LogP contribution in [-0.2, 0) is 0 Å². The van der Waals surface area contributed by atoms with Crippen molar-refractivity contribution in [2.24, 2.45) is 0 Å². The van der Waals surface area contributed by atoms with Crippen LogP contribution < -0.4 is 5.32 Å². The number of hydrogen-bond donors (Lipinski definition) is 1. The van der Waals surface area contributed by atoms with E-state index in [4.69, 9.17) is 0 Å². The smallest absolute Gasteiger partial charge is 0.261 e. The molecule has 0 aromatic carbocycles. The van der Waals surface area contributed by atoms with Crippen LogP contribution in [-0.4, -0.2) is 35.0 Å². The van der Waals surface area contributed by atoms with Crippen molar-refractivity contribution in [3.8, 4) is 0 Å². The normalized spacial score (nSPS) is 33.9. The average Bonchev–Trinajstić information content (AvgIpc) is 3.11. The number of piperidine rings is 2. The van der Waals surface area contributed by atoms with Gasteiger partial charge in [0.05, 0.1) is 4.88 Å². The Labute approximate surface area is 124 Å². The Morgan fingerprint density at radius 1 is 1.15 bits per heavy atom. The van der Waals surface area contributed by atoms with Crippen molar-refractivity contribution in [3.05, 3.63) is 22.4 Å². The number of carbonyl (C=O) groups excluding carboxylic acids is 1. The summed E-state index contributed by atoms with van der Waals surface area (Å²) in [5, 5.41) is 5.25. The summed E-state index contributed by atoms with van der Waals surface area (Å²) >= 11 is 1.53. The van der Waals surface area contributed by atoms with Crippen LogP contribution in [0.3, 0.4) is 0 Å². The summed E-state index contributed by atoms with van der Waals surface area (Å²) in [6.07, 6.45) is 9.16. The first-order valence-electron chi connectivity index (χ1n) is 7.93. The fourth-order valence-corrected chi connectivity index (χ4v) is 4.80. The third-order valence-electron chi connectivity index (χ3n) is 5.08. The zero-order valence-corrected chi connectivity index (χ0v) is 12.6. The lowest BCUT2D eigenvalue weighted by molar-refractivity contribution is 0.0175. The van der Waals surface area contributed by atoms with E-state index in [0.717, 1.165) is 35.8 Å². The molecule has 0 radical (unpaired) electrons. The summed E-state index contributed by atoms with van der Waals surface area (Å²) in [4.78, 5) is 15.9. The number of nitrogens with one attached hydrogen (secondary N) is 1. The lowest BCUT2D eigenvalue weighted by Gasteiger charge is -2.49. The van der Waals surface area contributed by atoms with Gasteiger partial charge in [0.15, 0.2) is 0 Å². The molecule has 3 aliphatic rings. The number of amides is 1. The molecule has 3 heterocycles. The molecule has 0 spiro atoms. The Hall–Kier alpha value is -0.870. The summed E-state index contributed by atoms with van der Waals surface area (Å²) in [5.74, 6) is 0.128. The third-order valence-corrected chi connectivity index (χ3v) is 5.95. The van der Waals surface area contributed by atoms with Crippen LogP contribution in [0.5, 0.6) is 0 Å². The standard InChI is InChI=1S/C16H22N2OS/c19-16(15-5-2-8-20-15)17-11-9-13-3-1-4-14(10-11)18(13)12-6-7-12/h2,5,8,11-14H,1,3-4,6-7,9-10H2,(H,17,19)/t13-,14-/m1/s1. The highest BCUT2D eigenvalue weighted by molar-refractivity contribution is 7.12. The molecule has 4 heteroatoms. The van der Waals surface area contributed by atoms with Gasteiger partial charge < -0.3 is 5.32 Å². The van der Waals surface area contributed by atoms with Gasteiger partial charge in [-0.25, -0.2) is 0 Å². The Morgan fingerprint density at radius 2 is 1.90 bits per heavy atom. The van der Waals surface area contributed by atoms with Gasteiger partial charge in [0.2, 0.25) is 0 Å². The zero-order valence-electron chi connectivity index (χ0n) is 11.8. The number of fused-ring (bicyclic) bond motifs is 2. The predicted octanol–water partition coefficient (Wildman–Crippen LogP) is 3.03. The summed E-state index contributed by atoms with van der Waals surface area (Å²) in [6.45, 7) is 0. The van der Waals surface area contributed by atoms with Gasteiger partial charge in [0, 0.05) is 24.2 Å². The molecule has 4 rings (SSSR count). The van der Waals surface area contributed by atoms with Crippen molar-refractivity contribution < 1.29 is 4.79 Å². The van der Waals surface area contributed by atoms with Crippen LogP contribution in [0.2, 0.25) is 0 Å². The van der Waals surface area contributed by atoms with E-state index in [-0.39, 0.29) is 5.91 Å². The third kappa shape index (κ3) is 2.40. The van der Waals surface area contributed by atoms with Crippen molar-refractivity contribution in [3.63, 3.8) is 0 Å².